The van der Waals surface area contributed by atoms with Crippen molar-refractivity contribution in [2.45, 2.75) is 38.1 Å². The van der Waals surface area contributed by atoms with E-state index in [0.29, 0.717) is 53.8 Å². The van der Waals surface area contributed by atoms with Crippen LogP contribution in [0.5, 0.6) is 0 Å². The number of piperidine rings is 1. The van der Waals surface area contributed by atoms with Crippen LogP contribution in [-0.4, -0.2) is 56.0 Å². The number of likely N-dealkylation sites (tertiary alicyclic amines) is 1. The van der Waals surface area contributed by atoms with E-state index in [2.05, 4.69) is 15.0 Å². The Bertz CT molecular complexity index is 1390. The number of hydrogen-bond donors (Lipinski definition) is 2. The first-order valence-electron chi connectivity index (χ1n) is 11.9. The van der Waals surface area contributed by atoms with Crippen molar-refractivity contribution in [1.82, 2.24) is 14.6 Å². The molecule has 190 valence electrons. The summed E-state index contributed by atoms with van der Waals surface area (Å²) in [6.07, 6.45) is 1.72. The maximum absolute atomic E-state index is 13.5. The summed E-state index contributed by atoms with van der Waals surface area (Å²) < 4.78 is 34.8. The SMILES string of the molecule is CCOC(=O)N1CCC(NS(=O)(=O)c2ccc(NC(=O)c3cccnc3C)c3ccccc23)[C@H](C)C1. The predicted octanol–water partition coefficient (Wildman–Crippen LogP) is 3.94. The van der Waals surface area contributed by atoms with Crippen molar-refractivity contribution >= 4 is 38.5 Å². The Balaban J connectivity index is 1.57. The minimum atomic E-state index is -3.88. The van der Waals surface area contributed by atoms with Crippen LogP contribution in [0.3, 0.4) is 0 Å². The molecule has 0 spiro atoms. The van der Waals surface area contributed by atoms with Crippen molar-refractivity contribution in [3.05, 3.63) is 66.0 Å². The number of anilines is 1. The highest BCUT2D eigenvalue weighted by Crippen LogP contribution is 2.31. The lowest BCUT2D eigenvalue weighted by molar-refractivity contribution is 0.0846. The van der Waals surface area contributed by atoms with Crippen molar-refractivity contribution in [2.75, 3.05) is 25.0 Å². The standard InChI is InChI=1S/C26H30N4O5S/c1-4-35-26(32)30-15-13-22(17(2)16-30)29-36(33,34)24-12-11-23(20-8-5-6-9-21(20)24)28-25(31)19-10-7-14-27-18(19)3/h5-12,14,17,22,29H,4,13,15-16H2,1-3H3,(H,28,31)/t17-,22?/m1/s1. The van der Waals surface area contributed by atoms with Gasteiger partial charge in [0.1, 0.15) is 0 Å². The van der Waals surface area contributed by atoms with Crippen molar-refractivity contribution < 1.29 is 22.7 Å². The Morgan fingerprint density at radius 3 is 2.56 bits per heavy atom. The molecule has 0 radical (unpaired) electrons. The van der Waals surface area contributed by atoms with E-state index < -0.39 is 10.0 Å². The molecule has 1 saturated heterocycles. The molecular formula is C26H30N4O5S. The van der Waals surface area contributed by atoms with Gasteiger partial charge in [0.25, 0.3) is 5.91 Å². The third-order valence-electron chi connectivity index (χ3n) is 6.41. The summed E-state index contributed by atoms with van der Waals surface area (Å²) >= 11 is 0. The molecule has 0 aliphatic carbocycles. The number of hydrogen-bond acceptors (Lipinski definition) is 6. The van der Waals surface area contributed by atoms with Crippen molar-refractivity contribution in [1.29, 1.82) is 0 Å². The van der Waals surface area contributed by atoms with Gasteiger partial charge < -0.3 is 15.0 Å². The molecule has 2 aromatic carbocycles. The zero-order valence-electron chi connectivity index (χ0n) is 20.5. The molecule has 10 heteroatoms. The molecule has 36 heavy (non-hydrogen) atoms. The summed E-state index contributed by atoms with van der Waals surface area (Å²) in [6, 6.07) is 13.2. The van der Waals surface area contributed by atoms with Gasteiger partial charge in [-0.3, -0.25) is 9.78 Å². The number of benzene rings is 2. The van der Waals surface area contributed by atoms with Crippen LogP contribution in [0.4, 0.5) is 10.5 Å². The van der Waals surface area contributed by atoms with E-state index in [0.717, 1.165) is 0 Å². The second-order valence-electron chi connectivity index (χ2n) is 8.89. The molecular weight excluding hydrogens is 480 g/mol. The maximum Gasteiger partial charge on any atom is 0.409 e. The van der Waals surface area contributed by atoms with Crippen LogP contribution in [0.15, 0.2) is 59.6 Å². The summed E-state index contributed by atoms with van der Waals surface area (Å²) in [6.45, 7) is 6.54. The third kappa shape index (κ3) is 5.34. The number of ether oxygens (including phenoxy) is 1. The Morgan fingerprint density at radius 2 is 1.86 bits per heavy atom. The molecule has 1 fully saturated rings. The fourth-order valence-corrected chi connectivity index (χ4v) is 6.08. The number of amides is 2. The molecule has 4 rings (SSSR count). The van der Waals surface area contributed by atoms with Gasteiger partial charge in [-0.25, -0.2) is 17.9 Å². The first-order valence-corrected chi connectivity index (χ1v) is 13.4. The van der Waals surface area contributed by atoms with Crippen LogP contribution >= 0.6 is 0 Å². The molecule has 1 aliphatic rings. The summed E-state index contributed by atoms with van der Waals surface area (Å²) in [5, 5.41) is 4.01. The molecule has 3 aromatic rings. The Hall–Kier alpha value is -3.50. The highest BCUT2D eigenvalue weighted by atomic mass is 32.2. The number of pyridine rings is 1. The summed E-state index contributed by atoms with van der Waals surface area (Å²) in [4.78, 5) is 30.8. The smallest absolute Gasteiger partial charge is 0.409 e. The average molecular weight is 511 g/mol. The van der Waals surface area contributed by atoms with Gasteiger partial charge >= 0.3 is 6.09 Å². The van der Waals surface area contributed by atoms with Crippen LogP contribution in [-0.2, 0) is 14.8 Å². The van der Waals surface area contributed by atoms with Gasteiger partial charge in [0, 0.05) is 47.5 Å². The highest BCUT2D eigenvalue weighted by molar-refractivity contribution is 7.89. The van der Waals surface area contributed by atoms with Gasteiger partial charge in [-0.15, -0.1) is 0 Å². The second kappa shape index (κ2) is 10.6. The molecule has 1 aliphatic heterocycles. The predicted molar refractivity (Wildman–Crippen MR) is 137 cm³/mol. The lowest BCUT2D eigenvalue weighted by Gasteiger charge is -2.36. The molecule has 0 saturated carbocycles. The number of nitrogens with one attached hydrogen (secondary N) is 2. The van der Waals surface area contributed by atoms with Crippen molar-refractivity contribution in [3.63, 3.8) is 0 Å². The number of aryl methyl sites for hydroxylation is 1. The number of fused-ring (bicyclic) bond motifs is 1. The number of carbonyl (C=O) groups excluding carboxylic acids is 2. The number of carbonyl (C=O) groups is 2. The van der Waals surface area contributed by atoms with Crippen LogP contribution in [0.1, 0.15) is 36.3 Å². The lowest BCUT2D eigenvalue weighted by Crippen LogP contribution is -2.51. The lowest BCUT2D eigenvalue weighted by atomic mass is 9.95. The van der Waals surface area contributed by atoms with Crippen molar-refractivity contribution in [2.24, 2.45) is 5.92 Å². The number of aromatic nitrogens is 1. The minimum Gasteiger partial charge on any atom is -0.450 e. The molecule has 9 nitrogen and oxygen atoms in total. The van der Waals surface area contributed by atoms with Crippen LogP contribution in [0.2, 0.25) is 0 Å². The summed E-state index contributed by atoms with van der Waals surface area (Å²) in [5.74, 6) is -0.410. The third-order valence-corrected chi connectivity index (χ3v) is 7.96. The number of nitrogens with zero attached hydrogens (tertiary/aromatic N) is 2. The van der Waals surface area contributed by atoms with Gasteiger partial charge in [0.2, 0.25) is 10.0 Å². The second-order valence-corrected chi connectivity index (χ2v) is 10.6. The molecule has 2 heterocycles. The molecule has 2 amide bonds. The van der Waals surface area contributed by atoms with E-state index in [-0.39, 0.29) is 28.9 Å². The minimum absolute atomic E-state index is 0.0921. The molecule has 2 atom stereocenters. The monoisotopic (exact) mass is 510 g/mol. The van der Waals surface area contributed by atoms with Gasteiger partial charge in [-0.05, 0) is 50.5 Å². The number of rotatable bonds is 6. The van der Waals surface area contributed by atoms with Gasteiger partial charge in [0.05, 0.1) is 17.1 Å². The topological polar surface area (TPSA) is 118 Å². The first kappa shape index (κ1) is 25.6. The van der Waals surface area contributed by atoms with Gasteiger partial charge in [0.15, 0.2) is 0 Å². The van der Waals surface area contributed by atoms with E-state index in [9.17, 15) is 18.0 Å². The molecule has 1 unspecified atom stereocenters. The summed E-state index contributed by atoms with van der Waals surface area (Å²) in [5.41, 5.74) is 1.56. The van der Waals surface area contributed by atoms with E-state index >= 15 is 0 Å². The Labute approximate surface area is 210 Å². The zero-order valence-corrected chi connectivity index (χ0v) is 21.3. The fourth-order valence-electron chi connectivity index (χ4n) is 4.49. The first-order chi connectivity index (χ1) is 17.2. The quantitative estimate of drug-likeness (QED) is 0.519. The molecule has 2 N–H and O–H groups in total. The summed E-state index contributed by atoms with van der Waals surface area (Å²) in [7, 11) is -3.88. The largest absolute Gasteiger partial charge is 0.450 e. The Kier molecular flexibility index (Phi) is 7.56. The van der Waals surface area contributed by atoms with Crippen LogP contribution in [0.25, 0.3) is 10.8 Å². The highest BCUT2D eigenvalue weighted by Gasteiger charge is 2.33. The van der Waals surface area contributed by atoms with Gasteiger partial charge in [-0.1, -0.05) is 31.2 Å². The van der Waals surface area contributed by atoms with Crippen LogP contribution in [0, 0.1) is 12.8 Å². The van der Waals surface area contributed by atoms with Crippen molar-refractivity contribution in [3.8, 4) is 0 Å². The Morgan fingerprint density at radius 1 is 1.11 bits per heavy atom. The van der Waals surface area contributed by atoms with E-state index in [4.69, 9.17) is 4.74 Å². The van der Waals surface area contributed by atoms with Gasteiger partial charge in [-0.2, -0.15) is 0 Å². The van der Waals surface area contributed by atoms with E-state index in [1.165, 1.54) is 6.07 Å². The van der Waals surface area contributed by atoms with E-state index in [1.807, 2.05) is 6.92 Å². The van der Waals surface area contributed by atoms with E-state index in [1.54, 1.807) is 67.4 Å². The van der Waals surface area contributed by atoms with Crippen LogP contribution < -0.4 is 10.0 Å². The average Bonchev–Trinajstić information content (AvgIpc) is 2.85. The normalized spacial score (nSPS) is 18.1. The molecule has 0 bridgehead atoms. The molecule has 1 aromatic heterocycles. The number of sulfonamides is 1. The zero-order chi connectivity index (χ0) is 25.9. The maximum atomic E-state index is 13.5. The fraction of sp³-hybridized carbons (Fsp3) is 0.346.